The minimum absolute atomic E-state index is 0.468. The second kappa shape index (κ2) is 6.83. The highest BCUT2D eigenvalue weighted by Crippen LogP contribution is 2.65. The highest BCUT2D eigenvalue weighted by Gasteiger charge is 2.60. The zero-order valence-corrected chi connectivity index (χ0v) is 17.6. The molecule has 4 fully saturated rings. The largest absolute Gasteiger partial charge is 0.497 e. The number of methoxy groups -OCH3 is 2. The summed E-state index contributed by atoms with van der Waals surface area (Å²) in [6.07, 6.45) is 1.11. The van der Waals surface area contributed by atoms with Gasteiger partial charge in [-0.1, -0.05) is 24.3 Å². The molecule has 29 heavy (non-hydrogen) atoms. The zero-order valence-electron chi connectivity index (χ0n) is 16.7. The zero-order chi connectivity index (χ0) is 20.2. The van der Waals surface area contributed by atoms with Crippen molar-refractivity contribution in [1.82, 2.24) is 14.7 Å². The topological polar surface area (TPSA) is 65.5 Å². The van der Waals surface area contributed by atoms with Gasteiger partial charge in [-0.15, -0.1) is 0 Å². The summed E-state index contributed by atoms with van der Waals surface area (Å²) in [5.74, 6) is 0.977. The van der Waals surface area contributed by atoms with Crippen molar-refractivity contribution in [2.24, 2.45) is 0 Å². The van der Waals surface area contributed by atoms with Gasteiger partial charge in [-0.25, -0.2) is 0 Å². The van der Waals surface area contributed by atoms with Crippen molar-refractivity contribution < 1.29 is 19.1 Å². The monoisotopic (exact) mass is 415 g/mol. The van der Waals surface area contributed by atoms with E-state index in [0.717, 1.165) is 42.6 Å². The summed E-state index contributed by atoms with van der Waals surface area (Å²) in [5, 5.41) is 12.3. The third kappa shape index (κ3) is 2.92. The van der Waals surface area contributed by atoms with Crippen LogP contribution in [0, 0.1) is 0 Å². The van der Waals surface area contributed by atoms with Gasteiger partial charge in [0.15, 0.2) is 0 Å². The van der Waals surface area contributed by atoms with Crippen LogP contribution in [-0.2, 0) is 10.2 Å². The van der Waals surface area contributed by atoms with Crippen LogP contribution in [0.5, 0.6) is 11.5 Å². The Morgan fingerprint density at radius 3 is 1.69 bits per heavy atom. The van der Waals surface area contributed by atoms with E-state index in [2.05, 4.69) is 14.7 Å². The summed E-state index contributed by atoms with van der Waals surface area (Å²) in [6, 6.07) is 14.9. The highest BCUT2D eigenvalue weighted by atomic mass is 31.2. The van der Waals surface area contributed by atoms with Gasteiger partial charge in [0.05, 0.1) is 46.8 Å². The van der Waals surface area contributed by atoms with Crippen LogP contribution in [0.4, 0.5) is 0 Å². The molecule has 0 aliphatic carbocycles. The Morgan fingerprint density at radius 2 is 1.31 bits per heavy atom. The summed E-state index contributed by atoms with van der Waals surface area (Å²) >= 11 is 0. The summed E-state index contributed by atoms with van der Waals surface area (Å²) in [4.78, 5) is 6.60. The molecule has 3 atom stereocenters. The number of hydrogen-bond acceptors (Lipinski definition) is 7. The minimum Gasteiger partial charge on any atom is -0.497 e. The van der Waals surface area contributed by atoms with Crippen LogP contribution in [-0.4, -0.2) is 72.4 Å². The fraction of sp³-hybridized carbons (Fsp3) is 0.429. The molecular formula is C21H26N3O4P. The third-order valence-corrected chi connectivity index (χ3v) is 9.62. The number of ether oxygens (including phenoxy) is 2. The first-order valence-corrected chi connectivity index (χ1v) is 11.9. The molecule has 0 amide bonds. The lowest BCUT2D eigenvalue weighted by Gasteiger charge is -2.61. The van der Waals surface area contributed by atoms with Gasteiger partial charge in [-0.2, -0.15) is 0 Å². The molecule has 2 unspecified atom stereocenters. The molecule has 4 aliphatic heterocycles. The summed E-state index contributed by atoms with van der Waals surface area (Å²) in [5.41, 5.74) is 0.0474. The summed E-state index contributed by atoms with van der Waals surface area (Å²) < 4.78 is 24.7. The van der Waals surface area contributed by atoms with Crippen molar-refractivity contribution in [3.63, 3.8) is 0 Å². The average molecular weight is 415 g/mol. The number of hydrogen-bond donors (Lipinski definition) is 1. The second-order valence-corrected chi connectivity index (χ2v) is 11.1. The Kier molecular flexibility index (Phi) is 4.49. The van der Waals surface area contributed by atoms with E-state index in [1.165, 1.54) is 0 Å². The van der Waals surface area contributed by atoms with Crippen molar-refractivity contribution in [2.45, 2.75) is 11.4 Å². The molecule has 2 aromatic rings. The molecule has 0 aromatic heterocycles. The van der Waals surface area contributed by atoms with E-state index in [1.54, 1.807) is 14.2 Å². The van der Waals surface area contributed by atoms with E-state index in [-0.39, 0.29) is 0 Å². The molecule has 154 valence electrons. The number of benzene rings is 2. The lowest BCUT2D eigenvalue weighted by atomic mass is 9.85. The standard InChI is InChI=1S/C21H26N3O4P/c1-27-18-7-3-16(4-8-18)21(25,17-5-9-19(28-2)10-6-17)20-24-12-22-11-23(13-24)15-29(20,26)14-22/h3-10,20,25H,11-15H2,1-2H3/t20-/m0/s1. The first kappa shape index (κ1) is 19.1. The van der Waals surface area contributed by atoms with Gasteiger partial charge in [-0.3, -0.25) is 14.7 Å². The normalized spacial score (nSPS) is 32.9. The van der Waals surface area contributed by atoms with Crippen molar-refractivity contribution in [2.75, 3.05) is 46.8 Å². The van der Waals surface area contributed by atoms with E-state index < -0.39 is 18.5 Å². The Bertz CT molecular complexity index is 884. The van der Waals surface area contributed by atoms with Gasteiger partial charge in [0.1, 0.15) is 30.0 Å². The maximum atomic E-state index is 14.1. The molecule has 8 heteroatoms. The van der Waals surface area contributed by atoms with Gasteiger partial charge in [0, 0.05) is 0 Å². The van der Waals surface area contributed by atoms with Crippen LogP contribution in [0.2, 0.25) is 0 Å². The van der Waals surface area contributed by atoms with E-state index in [0.29, 0.717) is 12.6 Å². The predicted molar refractivity (Wildman–Crippen MR) is 110 cm³/mol. The summed E-state index contributed by atoms with van der Waals surface area (Å²) in [7, 11) is 0.536. The predicted octanol–water partition coefficient (Wildman–Crippen LogP) is 2.36. The lowest BCUT2D eigenvalue weighted by molar-refractivity contribution is -0.0978. The van der Waals surface area contributed by atoms with E-state index in [1.807, 2.05) is 48.5 Å². The molecule has 4 heterocycles. The molecule has 0 radical (unpaired) electrons. The maximum Gasteiger partial charge on any atom is 0.137 e. The van der Waals surface area contributed by atoms with Crippen LogP contribution >= 0.6 is 7.14 Å². The quantitative estimate of drug-likeness (QED) is 0.752. The number of rotatable bonds is 5. The summed E-state index contributed by atoms with van der Waals surface area (Å²) in [6.45, 7) is 2.30. The van der Waals surface area contributed by atoms with Gasteiger partial charge >= 0.3 is 0 Å². The molecule has 4 saturated heterocycles. The minimum atomic E-state index is -2.70. The molecule has 4 bridgehead atoms. The third-order valence-electron chi connectivity index (χ3n) is 6.27. The Labute approximate surface area is 170 Å². The van der Waals surface area contributed by atoms with Crippen molar-refractivity contribution in [1.29, 1.82) is 0 Å². The number of aliphatic hydroxyl groups is 1. The highest BCUT2D eigenvalue weighted by molar-refractivity contribution is 7.64. The Hall–Kier alpha value is -1.89. The fourth-order valence-corrected chi connectivity index (χ4v) is 9.03. The van der Waals surface area contributed by atoms with Gasteiger partial charge in [0.2, 0.25) is 0 Å². The SMILES string of the molecule is COc1ccc(C(O)(c2ccc(OC)cc2)[C@H]2N3CN4CN(C3)CP2(=O)C4)cc1. The van der Waals surface area contributed by atoms with Gasteiger partial charge < -0.3 is 19.1 Å². The Morgan fingerprint density at radius 1 is 0.862 bits per heavy atom. The molecule has 0 saturated carbocycles. The molecule has 7 nitrogen and oxygen atoms in total. The molecule has 6 rings (SSSR count). The first-order valence-electron chi connectivity index (χ1n) is 9.74. The molecule has 2 aromatic carbocycles. The van der Waals surface area contributed by atoms with E-state index in [4.69, 9.17) is 9.47 Å². The maximum absolute atomic E-state index is 14.1. The fourth-order valence-electron chi connectivity index (χ4n) is 5.20. The lowest BCUT2D eigenvalue weighted by Crippen LogP contribution is -2.70. The van der Waals surface area contributed by atoms with Crippen LogP contribution in [0.1, 0.15) is 11.1 Å². The van der Waals surface area contributed by atoms with Crippen molar-refractivity contribution >= 4 is 7.14 Å². The van der Waals surface area contributed by atoms with E-state index >= 15 is 0 Å². The molecule has 4 aliphatic rings. The van der Waals surface area contributed by atoms with Gasteiger partial charge in [0.25, 0.3) is 0 Å². The van der Waals surface area contributed by atoms with Crippen LogP contribution < -0.4 is 9.47 Å². The Balaban J connectivity index is 1.66. The molecule has 1 N–H and O–H groups in total. The molecule has 0 spiro atoms. The molecular weight excluding hydrogens is 389 g/mol. The van der Waals surface area contributed by atoms with Crippen molar-refractivity contribution in [3.8, 4) is 11.5 Å². The number of nitrogens with zero attached hydrogens (tertiary/aromatic N) is 3. The van der Waals surface area contributed by atoms with Crippen molar-refractivity contribution in [3.05, 3.63) is 59.7 Å². The van der Waals surface area contributed by atoms with E-state index in [9.17, 15) is 9.67 Å². The van der Waals surface area contributed by atoms with Crippen LogP contribution in [0.15, 0.2) is 48.5 Å². The average Bonchev–Trinajstić information content (AvgIpc) is 2.72. The first-order chi connectivity index (χ1) is 14.0. The van der Waals surface area contributed by atoms with Crippen LogP contribution in [0.25, 0.3) is 0 Å². The second-order valence-electron chi connectivity index (χ2n) is 8.19. The smallest absolute Gasteiger partial charge is 0.137 e. The van der Waals surface area contributed by atoms with Crippen LogP contribution in [0.3, 0.4) is 0 Å². The van der Waals surface area contributed by atoms with Gasteiger partial charge in [-0.05, 0) is 35.4 Å².